The SMILES string of the molecule is CCCNC(=O)[C@H](Cc1ccccc1)N(Cc1cccc(Br)c1)C(=O)Cc1c(Cl)cccc1Cl. The molecule has 1 atom stereocenters. The summed E-state index contributed by atoms with van der Waals surface area (Å²) in [6.45, 7) is 2.81. The third-order valence-electron chi connectivity index (χ3n) is 5.45. The molecule has 0 saturated carbocycles. The molecule has 0 spiro atoms. The van der Waals surface area contributed by atoms with Crippen LogP contribution in [0, 0.1) is 0 Å². The van der Waals surface area contributed by atoms with Crippen molar-refractivity contribution in [3.05, 3.63) is 104 Å². The number of nitrogens with zero attached hydrogens (tertiary/aromatic N) is 1. The van der Waals surface area contributed by atoms with Crippen molar-refractivity contribution in [2.45, 2.75) is 38.8 Å². The average molecular weight is 562 g/mol. The molecule has 0 saturated heterocycles. The number of carbonyl (C=O) groups excluding carboxylic acids is 2. The van der Waals surface area contributed by atoms with Crippen molar-refractivity contribution in [1.82, 2.24) is 10.2 Å². The Bertz CT molecular complexity index is 1100. The van der Waals surface area contributed by atoms with Crippen LogP contribution in [0.5, 0.6) is 0 Å². The molecule has 0 heterocycles. The molecule has 0 radical (unpaired) electrons. The normalized spacial score (nSPS) is 11.6. The van der Waals surface area contributed by atoms with E-state index in [0.29, 0.717) is 28.6 Å². The van der Waals surface area contributed by atoms with Crippen LogP contribution < -0.4 is 5.32 Å². The Kier molecular flexibility index (Phi) is 10.00. The van der Waals surface area contributed by atoms with Crippen molar-refractivity contribution in [2.24, 2.45) is 0 Å². The summed E-state index contributed by atoms with van der Waals surface area (Å²) in [7, 11) is 0. The van der Waals surface area contributed by atoms with Gasteiger partial charge < -0.3 is 10.2 Å². The van der Waals surface area contributed by atoms with E-state index >= 15 is 0 Å². The average Bonchev–Trinajstić information content (AvgIpc) is 2.82. The summed E-state index contributed by atoms with van der Waals surface area (Å²) in [6.07, 6.45) is 1.20. The lowest BCUT2D eigenvalue weighted by Gasteiger charge is -2.32. The topological polar surface area (TPSA) is 49.4 Å². The Morgan fingerprint density at radius 2 is 1.59 bits per heavy atom. The summed E-state index contributed by atoms with van der Waals surface area (Å²) in [5.74, 6) is -0.401. The molecule has 3 rings (SSSR count). The number of hydrogen-bond donors (Lipinski definition) is 1. The van der Waals surface area contributed by atoms with E-state index < -0.39 is 6.04 Å². The van der Waals surface area contributed by atoms with E-state index in [1.165, 1.54) is 0 Å². The Hall–Kier alpha value is -2.34. The fourth-order valence-electron chi connectivity index (χ4n) is 3.71. The second kappa shape index (κ2) is 12.9. The largest absolute Gasteiger partial charge is 0.354 e. The smallest absolute Gasteiger partial charge is 0.243 e. The molecule has 0 unspecified atom stereocenters. The van der Waals surface area contributed by atoms with Gasteiger partial charge in [0.1, 0.15) is 6.04 Å². The van der Waals surface area contributed by atoms with E-state index in [4.69, 9.17) is 23.2 Å². The monoisotopic (exact) mass is 560 g/mol. The Morgan fingerprint density at radius 1 is 0.941 bits per heavy atom. The van der Waals surface area contributed by atoms with E-state index in [1.54, 1.807) is 23.1 Å². The Morgan fingerprint density at radius 3 is 2.24 bits per heavy atom. The van der Waals surface area contributed by atoms with Crippen LogP contribution in [0.2, 0.25) is 10.0 Å². The van der Waals surface area contributed by atoms with Gasteiger partial charge in [0.15, 0.2) is 0 Å². The first-order valence-electron chi connectivity index (χ1n) is 11.2. The van der Waals surface area contributed by atoms with E-state index in [1.807, 2.05) is 61.5 Å². The summed E-state index contributed by atoms with van der Waals surface area (Å²) in [4.78, 5) is 28.7. The summed E-state index contributed by atoms with van der Waals surface area (Å²) in [5, 5.41) is 3.84. The lowest BCUT2D eigenvalue weighted by molar-refractivity contribution is -0.140. The van der Waals surface area contributed by atoms with Crippen LogP contribution in [0.25, 0.3) is 0 Å². The molecule has 0 bridgehead atoms. The Balaban J connectivity index is 1.99. The first-order chi connectivity index (χ1) is 16.4. The zero-order valence-electron chi connectivity index (χ0n) is 18.9. The Labute approximate surface area is 219 Å². The highest BCUT2D eigenvalue weighted by Gasteiger charge is 2.31. The minimum Gasteiger partial charge on any atom is -0.354 e. The van der Waals surface area contributed by atoms with Gasteiger partial charge in [0.05, 0.1) is 6.42 Å². The highest BCUT2D eigenvalue weighted by Crippen LogP contribution is 2.26. The third kappa shape index (κ3) is 7.33. The fraction of sp³-hybridized carbons (Fsp3) is 0.259. The zero-order valence-corrected chi connectivity index (χ0v) is 22.0. The summed E-state index contributed by atoms with van der Waals surface area (Å²) in [5.41, 5.74) is 2.44. The number of rotatable bonds is 10. The van der Waals surface area contributed by atoms with Crippen LogP contribution in [0.4, 0.5) is 0 Å². The standard InChI is InChI=1S/C27H27BrCl2N2O2/c1-2-14-31-27(34)25(16-19-8-4-3-5-9-19)32(18-20-10-6-11-21(28)15-20)26(33)17-22-23(29)12-7-13-24(22)30/h3-13,15,25H,2,14,16-18H2,1H3,(H,31,34)/t25-/m0/s1. The van der Waals surface area contributed by atoms with Gasteiger partial charge in [-0.1, -0.05) is 94.6 Å². The van der Waals surface area contributed by atoms with Crippen molar-refractivity contribution in [1.29, 1.82) is 0 Å². The molecular formula is C27H27BrCl2N2O2. The van der Waals surface area contributed by atoms with Gasteiger partial charge in [-0.2, -0.15) is 0 Å². The molecule has 34 heavy (non-hydrogen) atoms. The first-order valence-corrected chi connectivity index (χ1v) is 12.7. The van der Waals surface area contributed by atoms with E-state index in [9.17, 15) is 9.59 Å². The lowest BCUT2D eigenvalue weighted by Crippen LogP contribution is -2.51. The van der Waals surface area contributed by atoms with Gasteiger partial charge in [0.25, 0.3) is 0 Å². The molecular weight excluding hydrogens is 535 g/mol. The molecule has 3 aromatic carbocycles. The van der Waals surface area contributed by atoms with Gasteiger partial charge in [0.2, 0.25) is 11.8 Å². The quantitative estimate of drug-likeness (QED) is 0.308. The van der Waals surface area contributed by atoms with Crippen LogP contribution in [0.3, 0.4) is 0 Å². The predicted molar refractivity (Wildman–Crippen MR) is 142 cm³/mol. The van der Waals surface area contributed by atoms with Crippen molar-refractivity contribution < 1.29 is 9.59 Å². The van der Waals surface area contributed by atoms with Gasteiger partial charge >= 0.3 is 0 Å². The second-order valence-corrected chi connectivity index (χ2v) is 9.76. The van der Waals surface area contributed by atoms with Crippen molar-refractivity contribution in [3.63, 3.8) is 0 Å². The summed E-state index contributed by atoms with van der Waals surface area (Å²) >= 11 is 16.2. The van der Waals surface area contributed by atoms with Crippen LogP contribution in [-0.4, -0.2) is 29.3 Å². The molecule has 3 aromatic rings. The van der Waals surface area contributed by atoms with Gasteiger partial charge in [0, 0.05) is 34.0 Å². The molecule has 7 heteroatoms. The van der Waals surface area contributed by atoms with Crippen molar-refractivity contribution in [3.8, 4) is 0 Å². The van der Waals surface area contributed by atoms with Gasteiger partial charge in [-0.05, 0) is 47.4 Å². The van der Waals surface area contributed by atoms with Crippen LogP contribution >= 0.6 is 39.1 Å². The van der Waals surface area contributed by atoms with Gasteiger partial charge in [-0.15, -0.1) is 0 Å². The number of halogens is 3. The van der Waals surface area contributed by atoms with Crippen molar-refractivity contribution >= 4 is 50.9 Å². The van der Waals surface area contributed by atoms with Gasteiger partial charge in [-0.3, -0.25) is 9.59 Å². The van der Waals surface area contributed by atoms with E-state index in [-0.39, 0.29) is 24.8 Å². The maximum Gasteiger partial charge on any atom is 0.243 e. The number of benzene rings is 3. The second-order valence-electron chi connectivity index (χ2n) is 8.03. The highest BCUT2D eigenvalue weighted by atomic mass is 79.9. The lowest BCUT2D eigenvalue weighted by atomic mass is 10.0. The first kappa shape index (κ1) is 26.3. The van der Waals surface area contributed by atoms with Crippen LogP contribution in [0.15, 0.2) is 77.3 Å². The molecule has 2 amide bonds. The number of carbonyl (C=O) groups is 2. The zero-order chi connectivity index (χ0) is 24.5. The highest BCUT2D eigenvalue weighted by molar-refractivity contribution is 9.10. The van der Waals surface area contributed by atoms with Crippen LogP contribution in [-0.2, 0) is 29.0 Å². The number of hydrogen-bond acceptors (Lipinski definition) is 2. The molecule has 4 nitrogen and oxygen atoms in total. The predicted octanol–water partition coefficient (Wildman–Crippen LogP) is 6.46. The molecule has 0 aromatic heterocycles. The number of amides is 2. The van der Waals surface area contributed by atoms with Crippen LogP contribution in [0.1, 0.15) is 30.0 Å². The molecule has 1 N–H and O–H groups in total. The van der Waals surface area contributed by atoms with Crippen molar-refractivity contribution in [2.75, 3.05) is 6.54 Å². The van der Waals surface area contributed by atoms with Gasteiger partial charge in [-0.25, -0.2) is 0 Å². The third-order valence-corrected chi connectivity index (χ3v) is 6.65. The maximum absolute atomic E-state index is 13.7. The molecule has 0 aliphatic rings. The minimum absolute atomic E-state index is 0.00113. The van der Waals surface area contributed by atoms with E-state index in [2.05, 4.69) is 21.2 Å². The maximum atomic E-state index is 13.7. The summed E-state index contributed by atoms with van der Waals surface area (Å²) < 4.78 is 0.904. The fourth-order valence-corrected chi connectivity index (χ4v) is 4.68. The minimum atomic E-state index is -0.693. The van der Waals surface area contributed by atoms with E-state index in [0.717, 1.165) is 22.0 Å². The molecule has 0 aliphatic carbocycles. The molecule has 0 aliphatic heterocycles. The molecule has 0 fully saturated rings. The summed E-state index contributed by atoms with van der Waals surface area (Å²) in [6, 6.07) is 21.9. The molecule has 178 valence electrons. The number of nitrogens with one attached hydrogen (secondary N) is 1.